The first-order valence-electron chi connectivity index (χ1n) is 17.2. The number of nitrogens with one attached hydrogen (secondary N) is 5. The molecule has 0 bridgehead atoms. The molecule has 0 aliphatic carbocycles. The van der Waals surface area contributed by atoms with Gasteiger partial charge in [-0.1, -0.05) is 67.4 Å². The van der Waals surface area contributed by atoms with E-state index in [4.69, 9.17) is 11.5 Å². The van der Waals surface area contributed by atoms with Crippen molar-refractivity contribution in [1.29, 1.82) is 0 Å². The van der Waals surface area contributed by atoms with Gasteiger partial charge in [0, 0.05) is 12.6 Å². The Hall–Kier alpha value is -3.43. The molecule has 0 spiro atoms. The zero-order valence-electron chi connectivity index (χ0n) is 28.8. The molecule has 51 heavy (non-hydrogen) atoms. The molecule has 286 valence electrons. The maximum Gasteiger partial charge on any atom is 0.237 e. The molecule has 2 aromatic rings. The van der Waals surface area contributed by atoms with E-state index in [2.05, 4.69) is 26.6 Å². The number of carbonyl (C=O) groups is 1. The number of aliphatic hydroxyl groups excluding tert-OH is 5. The molecular weight excluding hydrogens is 664 g/mol. The minimum Gasteiger partial charge on any atom is -0.377 e. The van der Waals surface area contributed by atoms with E-state index in [0.717, 1.165) is 11.8 Å². The van der Waals surface area contributed by atoms with Gasteiger partial charge in [-0.15, -0.1) is 0 Å². The Morgan fingerprint density at radius 3 is 2.00 bits per heavy atom. The number of nitrogens with two attached hydrogens (primary N) is 2. The van der Waals surface area contributed by atoms with Gasteiger partial charge in [-0.05, 0) is 61.9 Å². The van der Waals surface area contributed by atoms with Gasteiger partial charge in [0.2, 0.25) is 12.1 Å². The highest BCUT2D eigenvalue weighted by Gasteiger charge is 2.26. The lowest BCUT2D eigenvalue weighted by molar-refractivity contribution is -0.400. The molecule has 0 saturated carbocycles. The average Bonchev–Trinajstić information content (AvgIpc) is 3.11. The number of rotatable bonds is 27. The van der Waals surface area contributed by atoms with E-state index < -0.39 is 60.2 Å². The normalized spacial score (nSPS) is 16.0. The van der Waals surface area contributed by atoms with Gasteiger partial charge >= 0.3 is 0 Å². The zero-order chi connectivity index (χ0) is 37.6. The molecule has 0 unspecified atom stereocenters. The number of nitro groups is 1. The Balaban J connectivity index is 2.02. The molecule has 15 N–H and O–H groups in total. The second-order valence-electron chi connectivity index (χ2n) is 12.2. The van der Waals surface area contributed by atoms with E-state index >= 15 is 0 Å². The van der Waals surface area contributed by atoms with Crippen LogP contribution in [-0.2, 0) is 11.2 Å². The summed E-state index contributed by atoms with van der Waals surface area (Å²) >= 11 is 0. The highest BCUT2D eigenvalue weighted by atomic mass is 16.6. The maximum absolute atomic E-state index is 13.3. The summed E-state index contributed by atoms with van der Waals surface area (Å²) < 4.78 is 0. The summed E-state index contributed by atoms with van der Waals surface area (Å²) in [5.41, 5.74) is 13.0. The fraction of sp³-hybridized carbons (Fsp3) is 0.559. The number of nitrogens with zero attached hydrogens (tertiary/aromatic N) is 1. The highest BCUT2D eigenvalue weighted by Crippen LogP contribution is 2.15. The van der Waals surface area contributed by atoms with Crippen LogP contribution >= 0.6 is 0 Å². The molecule has 0 radical (unpaired) electrons. The third kappa shape index (κ3) is 18.1. The van der Waals surface area contributed by atoms with Crippen molar-refractivity contribution in [2.24, 2.45) is 11.5 Å². The Morgan fingerprint density at radius 2 is 1.39 bits per heavy atom. The lowest BCUT2D eigenvalue weighted by Crippen LogP contribution is -2.58. The van der Waals surface area contributed by atoms with E-state index in [-0.39, 0.29) is 19.5 Å². The summed E-state index contributed by atoms with van der Waals surface area (Å²) in [5, 5.41) is 87.2. The van der Waals surface area contributed by atoms with Crippen molar-refractivity contribution in [3.63, 3.8) is 0 Å². The number of hydrogen-bond donors (Lipinski definition) is 13. The zero-order valence-corrected chi connectivity index (χ0v) is 28.8. The molecule has 2 aromatic carbocycles. The first-order chi connectivity index (χ1) is 24.4. The van der Waals surface area contributed by atoms with Gasteiger partial charge in [0.05, 0.1) is 29.6 Å². The topological polar surface area (TPSA) is 294 Å². The predicted octanol–water partition coefficient (Wildman–Crippen LogP) is -1.73. The van der Waals surface area contributed by atoms with Crippen LogP contribution in [0.2, 0.25) is 0 Å². The molecule has 0 aliphatic rings. The van der Waals surface area contributed by atoms with Crippen molar-refractivity contribution < 1.29 is 40.4 Å². The van der Waals surface area contributed by atoms with Crippen molar-refractivity contribution in [2.75, 3.05) is 26.2 Å². The van der Waals surface area contributed by atoms with Crippen molar-refractivity contribution in [3.05, 3.63) is 87.6 Å². The van der Waals surface area contributed by atoms with E-state index in [9.17, 15) is 45.5 Å². The van der Waals surface area contributed by atoms with Crippen LogP contribution in [0.5, 0.6) is 0 Å². The second-order valence-corrected chi connectivity index (χ2v) is 12.2. The number of benzene rings is 2. The molecule has 0 aliphatic heterocycles. The predicted molar refractivity (Wildman–Crippen MR) is 191 cm³/mol. The minimum atomic E-state index is -1.71. The molecule has 7 atom stereocenters. The van der Waals surface area contributed by atoms with Crippen molar-refractivity contribution in [2.45, 2.75) is 94.3 Å². The van der Waals surface area contributed by atoms with Crippen LogP contribution in [0.4, 0.5) is 0 Å². The number of carbonyl (C=O) groups excluding carboxylic acids is 1. The maximum atomic E-state index is 13.3. The summed E-state index contributed by atoms with van der Waals surface area (Å²) in [6.07, 6.45) is -1.16. The Labute approximate surface area is 298 Å². The average molecular weight is 721 g/mol. The van der Waals surface area contributed by atoms with Gasteiger partial charge in [0.25, 0.3) is 0 Å². The molecule has 0 saturated heterocycles. The van der Waals surface area contributed by atoms with Gasteiger partial charge in [0.1, 0.15) is 24.9 Å². The number of hydrogen-bond acceptors (Lipinski definition) is 15. The van der Waals surface area contributed by atoms with Gasteiger partial charge in [-0.25, -0.2) is 0 Å². The van der Waals surface area contributed by atoms with Gasteiger partial charge in [-0.3, -0.25) is 36.2 Å². The van der Waals surface area contributed by atoms with Crippen molar-refractivity contribution >= 4 is 12.0 Å². The number of unbranched alkanes of at least 4 members (excludes halogenated alkanes) is 2. The fourth-order valence-corrected chi connectivity index (χ4v) is 5.27. The second kappa shape index (κ2) is 24.7. The molecule has 0 fully saturated rings. The molecule has 1 amide bonds. The van der Waals surface area contributed by atoms with Crippen LogP contribution in [0.25, 0.3) is 6.08 Å². The third-order valence-corrected chi connectivity index (χ3v) is 8.07. The third-order valence-electron chi connectivity index (χ3n) is 8.07. The Bertz CT molecular complexity index is 1280. The van der Waals surface area contributed by atoms with Crippen LogP contribution < -0.4 is 38.1 Å². The minimum absolute atomic E-state index is 0.169. The van der Waals surface area contributed by atoms with Crippen molar-refractivity contribution in [1.82, 2.24) is 26.6 Å². The van der Waals surface area contributed by atoms with E-state index in [1.807, 2.05) is 30.3 Å². The monoisotopic (exact) mass is 720 g/mol. The molecule has 0 heterocycles. The first-order valence-corrected chi connectivity index (χ1v) is 17.2. The molecule has 2 rings (SSSR count). The van der Waals surface area contributed by atoms with Crippen LogP contribution in [0, 0.1) is 10.1 Å². The van der Waals surface area contributed by atoms with Crippen LogP contribution in [-0.4, -0.2) is 111 Å². The molecule has 17 nitrogen and oxygen atoms in total. The summed E-state index contributed by atoms with van der Waals surface area (Å²) in [7, 11) is 0. The SMILES string of the molecule is NCCCC[C@H](N[C@H](O)c1ccc(/C=C/[N+](=O)[O-])cc1)C(=O)NC[C@H](O)N[C@@H](Cc1ccccc1)[C@@H](O)NC[C@H](O)N[C@@H](CCCCN)C(O)O. The number of aliphatic hydroxyl groups is 6. The van der Waals surface area contributed by atoms with E-state index in [1.165, 1.54) is 6.08 Å². The standard InChI is InChI=1S/C34H56N8O9/c35-17-6-4-10-26(41-31(45)25-14-12-23(13-15-25)16-19-42(50)51)32(46)37-22-30(44)40-28(20-24-8-2-1-3-9-24)33(47)38-21-29(43)39-27(34(48)49)11-5-7-18-36/h1-3,8-9,12-16,19,26-31,33-34,38-41,43-45,47-49H,4-7,10-11,17-18,20-22,35-36H2,(H,37,46)/b19-16+/t26-,27-,28-,29-,30-,31+,33+/m0/s1. The summed E-state index contributed by atoms with van der Waals surface area (Å²) in [5.74, 6) is -0.489. The van der Waals surface area contributed by atoms with Gasteiger partial charge < -0.3 is 47.4 Å². The molecule has 0 aromatic heterocycles. The largest absolute Gasteiger partial charge is 0.377 e. The van der Waals surface area contributed by atoms with Gasteiger partial charge in [-0.2, -0.15) is 0 Å². The Morgan fingerprint density at radius 1 is 0.784 bits per heavy atom. The van der Waals surface area contributed by atoms with Crippen LogP contribution in [0.1, 0.15) is 61.4 Å². The summed E-state index contributed by atoms with van der Waals surface area (Å²) in [6.45, 7) is 0.459. The first kappa shape index (κ1) is 43.7. The molecule has 17 heteroatoms. The summed E-state index contributed by atoms with van der Waals surface area (Å²) in [4.78, 5) is 23.3. The number of amides is 1. The van der Waals surface area contributed by atoms with Crippen LogP contribution in [0.3, 0.4) is 0 Å². The smallest absolute Gasteiger partial charge is 0.237 e. The highest BCUT2D eigenvalue weighted by molar-refractivity contribution is 5.81. The fourth-order valence-electron chi connectivity index (χ4n) is 5.27. The molecular formula is C34H56N8O9. The lowest BCUT2D eigenvalue weighted by atomic mass is 10.0. The van der Waals surface area contributed by atoms with Crippen LogP contribution in [0.15, 0.2) is 60.8 Å². The quantitative estimate of drug-likeness (QED) is 0.0211. The van der Waals surface area contributed by atoms with Crippen molar-refractivity contribution in [3.8, 4) is 0 Å². The Kier molecular flexibility index (Phi) is 21.2. The van der Waals surface area contributed by atoms with E-state index in [1.54, 1.807) is 24.3 Å². The summed E-state index contributed by atoms with van der Waals surface area (Å²) in [6, 6.07) is 13.1. The van der Waals surface area contributed by atoms with Gasteiger partial charge in [0.15, 0.2) is 6.29 Å². The van der Waals surface area contributed by atoms with E-state index in [0.29, 0.717) is 62.7 Å². The lowest BCUT2D eigenvalue weighted by Gasteiger charge is -2.30.